The number of para-hydroxylation sites is 1. The number of benzene rings is 1. The molecule has 1 aromatic heterocycles. The van der Waals surface area contributed by atoms with Gasteiger partial charge >= 0.3 is 0 Å². The minimum Gasteiger partial charge on any atom is -0.376 e. The van der Waals surface area contributed by atoms with Gasteiger partial charge in [-0.05, 0) is 48.9 Å². The van der Waals surface area contributed by atoms with Crippen LogP contribution in [0, 0.1) is 11.8 Å². The molecule has 0 saturated heterocycles. The quantitative estimate of drug-likeness (QED) is 0.914. The molecule has 112 valence electrons. The molecule has 3 heteroatoms. The van der Waals surface area contributed by atoms with Gasteiger partial charge in [-0.25, -0.2) is 0 Å². The highest BCUT2D eigenvalue weighted by molar-refractivity contribution is 5.81. The summed E-state index contributed by atoms with van der Waals surface area (Å²) < 4.78 is 6.02. The van der Waals surface area contributed by atoms with E-state index < -0.39 is 0 Å². The molecule has 0 spiro atoms. The fraction of sp³-hybridized carbons (Fsp3) is 0.500. The van der Waals surface area contributed by atoms with Crippen molar-refractivity contribution in [2.75, 3.05) is 13.2 Å². The molecule has 1 fully saturated rings. The zero-order valence-electron chi connectivity index (χ0n) is 12.5. The van der Waals surface area contributed by atoms with Gasteiger partial charge in [-0.3, -0.25) is 4.98 Å². The highest BCUT2D eigenvalue weighted by Gasteiger charge is 2.23. The predicted molar refractivity (Wildman–Crippen MR) is 85.9 cm³/mol. The smallest absolute Gasteiger partial charge is 0.0724 e. The van der Waals surface area contributed by atoms with Gasteiger partial charge in [-0.1, -0.05) is 31.0 Å². The van der Waals surface area contributed by atoms with Crippen LogP contribution in [0.2, 0.25) is 0 Å². The molecular formula is C18H24N2O. The van der Waals surface area contributed by atoms with Gasteiger partial charge in [0.15, 0.2) is 0 Å². The van der Waals surface area contributed by atoms with E-state index in [9.17, 15) is 0 Å². The number of aromatic nitrogens is 1. The molecule has 1 saturated carbocycles. The van der Waals surface area contributed by atoms with Gasteiger partial charge in [0, 0.05) is 11.6 Å². The second-order valence-corrected chi connectivity index (χ2v) is 6.04. The van der Waals surface area contributed by atoms with Crippen LogP contribution >= 0.6 is 0 Å². The summed E-state index contributed by atoms with van der Waals surface area (Å²) in [6.07, 6.45) is 7.04. The lowest BCUT2D eigenvalue weighted by Crippen LogP contribution is -2.29. The van der Waals surface area contributed by atoms with Crippen molar-refractivity contribution in [1.29, 1.82) is 0 Å². The molecular weight excluding hydrogens is 260 g/mol. The Morgan fingerprint density at radius 2 is 1.90 bits per heavy atom. The lowest BCUT2D eigenvalue weighted by molar-refractivity contribution is 0.0517. The minimum absolute atomic E-state index is 0.636. The Hall–Kier alpha value is -1.45. The third-order valence-electron chi connectivity index (χ3n) is 4.70. The van der Waals surface area contributed by atoms with E-state index in [2.05, 4.69) is 23.2 Å². The Morgan fingerprint density at radius 1 is 1.10 bits per heavy atom. The van der Waals surface area contributed by atoms with E-state index in [-0.39, 0.29) is 0 Å². The normalized spacial score (nSPS) is 22.5. The highest BCUT2D eigenvalue weighted by atomic mass is 16.5. The summed E-state index contributed by atoms with van der Waals surface area (Å²) in [6, 6.07) is 10.3. The van der Waals surface area contributed by atoms with Crippen molar-refractivity contribution in [1.82, 2.24) is 4.98 Å². The summed E-state index contributed by atoms with van der Waals surface area (Å²) in [5.74, 6) is 1.28. The molecule has 1 aliphatic carbocycles. The molecule has 21 heavy (non-hydrogen) atoms. The summed E-state index contributed by atoms with van der Waals surface area (Å²) in [5.41, 5.74) is 8.15. The Morgan fingerprint density at radius 3 is 2.76 bits per heavy atom. The number of fused-ring (bicyclic) bond motifs is 1. The van der Waals surface area contributed by atoms with Crippen molar-refractivity contribution in [3.63, 3.8) is 0 Å². The molecule has 0 aliphatic heterocycles. The van der Waals surface area contributed by atoms with E-state index in [0.717, 1.165) is 18.7 Å². The van der Waals surface area contributed by atoms with Crippen LogP contribution < -0.4 is 5.73 Å². The van der Waals surface area contributed by atoms with Crippen molar-refractivity contribution in [2.24, 2.45) is 17.6 Å². The second kappa shape index (κ2) is 7.01. The molecule has 1 aliphatic rings. The van der Waals surface area contributed by atoms with Crippen LogP contribution in [0.15, 0.2) is 36.5 Å². The Labute approximate surface area is 126 Å². The van der Waals surface area contributed by atoms with Gasteiger partial charge in [0.25, 0.3) is 0 Å². The molecule has 0 amide bonds. The van der Waals surface area contributed by atoms with Gasteiger partial charge in [0.1, 0.15) is 0 Å². The van der Waals surface area contributed by atoms with Crippen LogP contribution in [0.3, 0.4) is 0 Å². The topological polar surface area (TPSA) is 48.1 Å². The summed E-state index contributed by atoms with van der Waals surface area (Å²) in [4.78, 5) is 4.39. The first-order valence-corrected chi connectivity index (χ1v) is 7.99. The van der Waals surface area contributed by atoms with E-state index in [1.165, 1.54) is 36.6 Å². The fourth-order valence-corrected chi connectivity index (χ4v) is 3.42. The zero-order valence-corrected chi connectivity index (χ0v) is 12.5. The van der Waals surface area contributed by atoms with Crippen LogP contribution in [0.4, 0.5) is 0 Å². The summed E-state index contributed by atoms with van der Waals surface area (Å²) >= 11 is 0. The van der Waals surface area contributed by atoms with Crippen LogP contribution in [0.5, 0.6) is 0 Å². The van der Waals surface area contributed by atoms with Crippen LogP contribution in [-0.2, 0) is 11.3 Å². The van der Waals surface area contributed by atoms with E-state index in [1.807, 2.05) is 18.3 Å². The van der Waals surface area contributed by atoms with Gasteiger partial charge in [-0.15, -0.1) is 0 Å². The first-order chi connectivity index (χ1) is 10.4. The van der Waals surface area contributed by atoms with Gasteiger partial charge in [0.2, 0.25) is 0 Å². The van der Waals surface area contributed by atoms with Gasteiger partial charge < -0.3 is 10.5 Å². The van der Waals surface area contributed by atoms with Crippen LogP contribution in [0.1, 0.15) is 31.2 Å². The average molecular weight is 284 g/mol. The van der Waals surface area contributed by atoms with E-state index >= 15 is 0 Å². The SMILES string of the molecule is NCC1CCCCC1COCc1ccnc2ccccc12. The molecule has 3 nitrogen and oxygen atoms in total. The third-order valence-corrected chi connectivity index (χ3v) is 4.70. The summed E-state index contributed by atoms with van der Waals surface area (Å²) in [6.45, 7) is 2.29. The maximum Gasteiger partial charge on any atom is 0.0724 e. The van der Waals surface area contributed by atoms with E-state index in [4.69, 9.17) is 10.5 Å². The van der Waals surface area contributed by atoms with Gasteiger partial charge in [0.05, 0.1) is 18.7 Å². The molecule has 0 radical (unpaired) electrons. The number of hydrogen-bond acceptors (Lipinski definition) is 3. The third kappa shape index (κ3) is 3.42. The lowest BCUT2D eigenvalue weighted by atomic mass is 9.80. The summed E-state index contributed by atoms with van der Waals surface area (Å²) in [7, 11) is 0. The maximum absolute atomic E-state index is 6.02. The Kier molecular flexibility index (Phi) is 4.84. The standard InChI is InChI=1S/C18H24N2O/c19-11-14-5-1-2-6-15(14)12-21-13-16-9-10-20-18-8-4-3-7-17(16)18/h3-4,7-10,14-15H,1-2,5-6,11-13,19H2. The average Bonchev–Trinajstić information content (AvgIpc) is 2.55. The maximum atomic E-state index is 6.02. The van der Waals surface area contributed by atoms with Crippen molar-refractivity contribution in [2.45, 2.75) is 32.3 Å². The molecule has 1 heterocycles. The number of nitrogens with two attached hydrogens (primary N) is 1. The monoisotopic (exact) mass is 284 g/mol. The van der Waals surface area contributed by atoms with E-state index in [1.54, 1.807) is 0 Å². The molecule has 2 aromatic rings. The minimum atomic E-state index is 0.636. The van der Waals surface area contributed by atoms with Gasteiger partial charge in [-0.2, -0.15) is 0 Å². The van der Waals surface area contributed by atoms with Crippen molar-refractivity contribution in [3.05, 3.63) is 42.1 Å². The fourth-order valence-electron chi connectivity index (χ4n) is 3.42. The van der Waals surface area contributed by atoms with Crippen LogP contribution in [-0.4, -0.2) is 18.1 Å². The van der Waals surface area contributed by atoms with Crippen molar-refractivity contribution < 1.29 is 4.74 Å². The van der Waals surface area contributed by atoms with Crippen molar-refractivity contribution >= 4 is 10.9 Å². The molecule has 2 N–H and O–H groups in total. The Balaban J connectivity index is 1.61. The van der Waals surface area contributed by atoms with E-state index in [0.29, 0.717) is 18.4 Å². The number of nitrogens with zero attached hydrogens (tertiary/aromatic N) is 1. The number of hydrogen-bond donors (Lipinski definition) is 1. The number of rotatable bonds is 5. The molecule has 3 rings (SSSR count). The molecule has 2 unspecified atom stereocenters. The predicted octanol–water partition coefficient (Wildman–Crippen LogP) is 3.52. The van der Waals surface area contributed by atoms with Crippen LogP contribution in [0.25, 0.3) is 10.9 Å². The number of ether oxygens (including phenoxy) is 1. The Bertz CT molecular complexity index is 579. The second-order valence-electron chi connectivity index (χ2n) is 6.04. The molecule has 0 bridgehead atoms. The number of pyridine rings is 1. The van der Waals surface area contributed by atoms with Crippen molar-refractivity contribution in [3.8, 4) is 0 Å². The first kappa shape index (κ1) is 14.5. The summed E-state index contributed by atoms with van der Waals surface area (Å²) in [5, 5.41) is 1.19. The zero-order chi connectivity index (χ0) is 14.5. The largest absolute Gasteiger partial charge is 0.376 e. The molecule has 1 aromatic carbocycles. The molecule has 2 atom stereocenters. The first-order valence-electron chi connectivity index (χ1n) is 7.99. The lowest BCUT2D eigenvalue weighted by Gasteiger charge is -2.30. The highest BCUT2D eigenvalue weighted by Crippen LogP contribution is 2.29.